The number of carbonyl (C=O) groups excluding carboxylic acids is 2. The first-order valence-electron chi connectivity index (χ1n) is 8.43. The van der Waals surface area contributed by atoms with Crippen molar-refractivity contribution < 1.29 is 24.3 Å². The Hall–Kier alpha value is -1.92. The number of aliphatic imine (C=N–C) groups is 1. The van der Waals surface area contributed by atoms with Gasteiger partial charge in [-0.25, -0.2) is 14.6 Å². The lowest BCUT2D eigenvalue weighted by Gasteiger charge is -2.49. The van der Waals surface area contributed by atoms with Gasteiger partial charge in [-0.3, -0.25) is 9.69 Å². The van der Waals surface area contributed by atoms with Crippen LogP contribution in [0.2, 0.25) is 0 Å². The Morgan fingerprint density at radius 1 is 1.48 bits per heavy atom. The average Bonchev–Trinajstić information content (AvgIpc) is 3.06. The van der Waals surface area contributed by atoms with E-state index in [-0.39, 0.29) is 5.70 Å². The number of carboxylic acid groups (broad SMARTS) is 1. The lowest BCUT2D eigenvalue weighted by atomic mass is 10.0. The smallest absolute Gasteiger partial charge is 0.352 e. The molecule has 1 saturated heterocycles. The predicted octanol–water partition coefficient (Wildman–Crippen LogP) is 0.242. The third kappa shape index (κ3) is 4.17. The van der Waals surface area contributed by atoms with Gasteiger partial charge in [-0.1, -0.05) is 18.7 Å². The number of β-lactam (4-membered cyclic amide) rings is 1. The molecule has 0 aromatic rings. The number of carbonyl (C=O) groups is 3. The summed E-state index contributed by atoms with van der Waals surface area (Å²) < 4.78 is 0. The van der Waals surface area contributed by atoms with Crippen LogP contribution < -0.4 is 10.6 Å². The van der Waals surface area contributed by atoms with Gasteiger partial charge in [0.2, 0.25) is 0 Å². The standard InChI is InChI=1S/C15H21N5O5S2/c1-3-4-16-14(24)18-9-11(21)20-10(13(22)23)8(5-26-12(9)20)6-27-15-17-7-19(2)25-15/h9,12H,3-7H2,1-2H3,(H,22,23)(H2,16,18,24)/t9?,12-/m0/s1. The summed E-state index contributed by atoms with van der Waals surface area (Å²) in [7, 11) is 1.75. The number of nitrogens with one attached hydrogen (secondary N) is 2. The van der Waals surface area contributed by atoms with Crippen LogP contribution in [-0.2, 0) is 14.4 Å². The summed E-state index contributed by atoms with van der Waals surface area (Å²) in [4.78, 5) is 46.9. The maximum atomic E-state index is 12.5. The van der Waals surface area contributed by atoms with Crippen molar-refractivity contribution in [1.29, 1.82) is 0 Å². The number of hydroxylamine groups is 2. The van der Waals surface area contributed by atoms with E-state index in [0.29, 0.717) is 35.5 Å². The third-order valence-corrected chi connectivity index (χ3v) is 6.36. The van der Waals surface area contributed by atoms with Gasteiger partial charge in [0, 0.05) is 25.1 Å². The molecule has 12 heteroatoms. The Labute approximate surface area is 164 Å². The fraction of sp³-hybridized carbons (Fsp3) is 0.600. The van der Waals surface area contributed by atoms with Crippen molar-refractivity contribution in [2.45, 2.75) is 24.8 Å². The largest absolute Gasteiger partial charge is 0.477 e. The summed E-state index contributed by atoms with van der Waals surface area (Å²) in [6.45, 7) is 2.87. The first-order valence-corrected chi connectivity index (χ1v) is 10.5. The van der Waals surface area contributed by atoms with Gasteiger partial charge in [0.15, 0.2) is 0 Å². The number of carboxylic acids is 1. The van der Waals surface area contributed by atoms with Gasteiger partial charge < -0.3 is 20.6 Å². The molecular weight excluding hydrogens is 394 g/mol. The lowest BCUT2D eigenvalue weighted by Crippen LogP contribution is -2.71. The first-order chi connectivity index (χ1) is 12.9. The highest BCUT2D eigenvalue weighted by Gasteiger charge is 2.54. The highest BCUT2D eigenvalue weighted by atomic mass is 32.2. The van der Waals surface area contributed by atoms with E-state index in [4.69, 9.17) is 4.84 Å². The van der Waals surface area contributed by atoms with Crippen LogP contribution >= 0.6 is 23.5 Å². The van der Waals surface area contributed by atoms with Crippen molar-refractivity contribution >= 4 is 46.7 Å². The van der Waals surface area contributed by atoms with Gasteiger partial charge in [0.1, 0.15) is 23.8 Å². The number of hydrogen-bond donors (Lipinski definition) is 3. The maximum absolute atomic E-state index is 12.5. The van der Waals surface area contributed by atoms with Crippen LogP contribution in [0.1, 0.15) is 13.3 Å². The molecule has 1 fully saturated rings. The molecule has 3 N–H and O–H groups in total. The van der Waals surface area contributed by atoms with E-state index in [1.165, 1.54) is 28.4 Å². The quantitative estimate of drug-likeness (QED) is 0.527. The van der Waals surface area contributed by atoms with E-state index in [2.05, 4.69) is 15.6 Å². The van der Waals surface area contributed by atoms with Crippen LogP contribution in [0, 0.1) is 0 Å². The van der Waals surface area contributed by atoms with E-state index in [1.54, 1.807) is 12.1 Å². The van der Waals surface area contributed by atoms with Gasteiger partial charge in [0.05, 0.1) is 0 Å². The monoisotopic (exact) mass is 415 g/mol. The number of thioether (sulfide) groups is 2. The molecule has 10 nitrogen and oxygen atoms in total. The zero-order valence-corrected chi connectivity index (χ0v) is 16.6. The molecule has 0 bridgehead atoms. The SMILES string of the molecule is CCCNC(=O)NC1C(=O)N2C(C(=O)O)=C(CSC3=NCN(C)O3)CS[C@@H]12. The highest BCUT2D eigenvalue weighted by Crippen LogP contribution is 2.41. The Morgan fingerprint density at radius 2 is 2.26 bits per heavy atom. The molecule has 3 heterocycles. The lowest BCUT2D eigenvalue weighted by molar-refractivity contribution is -0.148. The second kappa shape index (κ2) is 8.40. The molecular formula is C15H21N5O5S2. The van der Waals surface area contributed by atoms with Crippen LogP contribution in [0.5, 0.6) is 0 Å². The van der Waals surface area contributed by atoms with E-state index in [9.17, 15) is 19.5 Å². The number of amides is 3. The van der Waals surface area contributed by atoms with Crippen LogP contribution in [0.15, 0.2) is 16.3 Å². The Balaban J connectivity index is 1.66. The summed E-state index contributed by atoms with van der Waals surface area (Å²) in [6, 6.07) is -1.13. The van der Waals surface area contributed by atoms with Gasteiger partial charge in [0.25, 0.3) is 11.1 Å². The van der Waals surface area contributed by atoms with Gasteiger partial charge in [-0.05, 0) is 12.0 Å². The maximum Gasteiger partial charge on any atom is 0.352 e. The minimum absolute atomic E-state index is 0.00443. The van der Waals surface area contributed by atoms with Crippen molar-refractivity contribution in [3.05, 3.63) is 11.3 Å². The molecule has 3 rings (SSSR count). The van der Waals surface area contributed by atoms with Crippen LogP contribution in [-0.4, -0.2) is 81.4 Å². The number of urea groups is 1. The molecule has 1 unspecified atom stereocenters. The van der Waals surface area contributed by atoms with Crippen LogP contribution in [0.4, 0.5) is 4.79 Å². The van der Waals surface area contributed by atoms with Gasteiger partial charge in [-0.15, -0.1) is 16.8 Å². The second-order valence-corrected chi connectivity index (χ2v) is 8.15. The first kappa shape index (κ1) is 19.8. The number of rotatable bonds is 6. The minimum atomic E-state index is -1.15. The van der Waals surface area contributed by atoms with E-state index < -0.39 is 29.3 Å². The molecule has 148 valence electrons. The molecule has 0 saturated carbocycles. The van der Waals surface area contributed by atoms with Crippen molar-refractivity contribution in [1.82, 2.24) is 20.6 Å². The second-order valence-electron chi connectivity index (χ2n) is 6.12. The number of aliphatic carboxylic acids is 1. The molecule has 27 heavy (non-hydrogen) atoms. The zero-order valence-electron chi connectivity index (χ0n) is 14.9. The molecule has 0 aromatic carbocycles. The van der Waals surface area contributed by atoms with Crippen LogP contribution in [0.25, 0.3) is 0 Å². The molecule has 0 aliphatic carbocycles. The Bertz CT molecular complexity index is 713. The van der Waals surface area contributed by atoms with Crippen molar-refractivity contribution in [2.75, 3.05) is 31.8 Å². The zero-order chi connectivity index (χ0) is 19.6. The topological polar surface area (TPSA) is 124 Å². The Kier molecular flexibility index (Phi) is 6.17. The summed E-state index contributed by atoms with van der Waals surface area (Å²) >= 11 is 2.74. The molecule has 3 aliphatic rings. The summed E-state index contributed by atoms with van der Waals surface area (Å²) in [5.74, 6) is -0.731. The van der Waals surface area contributed by atoms with Gasteiger partial charge in [-0.2, -0.15) is 0 Å². The predicted molar refractivity (Wildman–Crippen MR) is 102 cm³/mol. The van der Waals surface area contributed by atoms with Crippen molar-refractivity contribution in [2.24, 2.45) is 4.99 Å². The fourth-order valence-electron chi connectivity index (χ4n) is 2.79. The Morgan fingerprint density at radius 3 is 2.89 bits per heavy atom. The third-order valence-electron chi connectivity index (χ3n) is 4.07. The molecule has 3 aliphatic heterocycles. The van der Waals surface area contributed by atoms with E-state index in [1.807, 2.05) is 6.92 Å². The number of hydrogen-bond acceptors (Lipinski definition) is 8. The summed E-state index contributed by atoms with van der Waals surface area (Å²) in [5, 5.41) is 16.5. The van der Waals surface area contributed by atoms with Gasteiger partial charge >= 0.3 is 12.0 Å². The number of fused-ring (bicyclic) bond motifs is 1. The number of nitrogens with zero attached hydrogens (tertiary/aromatic N) is 3. The summed E-state index contributed by atoms with van der Waals surface area (Å²) in [5.41, 5.74) is 0.632. The van der Waals surface area contributed by atoms with Crippen LogP contribution in [0.3, 0.4) is 0 Å². The summed E-state index contributed by atoms with van der Waals surface area (Å²) in [6.07, 6.45) is 0.786. The molecule has 0 spiro atoms. The van der Waals surface area contributed by atoms with E-state index in [0.717, 1.165) is 6.42 Å². The molecule has 2 atom stereocenters. The van der Waals surface area contributed by atoms with E-state index >= 15 is 0 Å². The minimum Gasteiger partial charge on any atom is -0.477 e. The van der Waals surface area contributed by atoms with Crippen molar-refractivity contribution in [3.63, 3.8) is 0 Å². The molecule has 0 radical (unpaired) electrons. The molecule has 0 aromatic heterocycles. The normalized spacial score (nSPS) is 24.7. The highest BCUT2D eigenvalue weighted by molar-refractivity contribution is 8.13. The van der Waals surface area contributed by atoms with Crippen molar-refractivity contribution in [3.8, 4) is 0 Å². The molecule has 3 amide bonds. The fourth-order valence-corrected chi connectivity index (χ4v) is 5.14. The average molecular weight is 415 g/mol.